The molecule has 1 N–H and O–H groups in total. The molecule has 0 bridgehead atoms. The van der Waals surface area contributed by atoms with E-state index < -0.39 is 16.1 Å². The van der Waals surface area contributed by atoms with Crippen LogP contribution in [-0.2, 0) is 10.0 Å². The van der Waals surface area contributed by atoms with E-state index in [1.54, 1.807) is 25.1 Å². The molecule has 3 atom stereocenters. The Hall–Kier alpha value is -2.37. The fourth-order valence-electron chi connectivity index (χ4n) is 4.31. The molecule has 1 heterocycles. The Kier molecular flexibility index (Phi) is 7.63. The number of hydrogen-bond acceptors (Lipinski definition) is 5. The number of fused-ring (bicyclic) bond motifs is 1. The fourth-order valence-corrected chi connectivity index (χ4v) is 6.14. The lowest BCUT2D eigenvalue weighted by Gasteiger charge is -2.37. The van der Waals surface area contributed by atoms with Crippen molar-refractivity contribution in [3.05, 3.63) is 59.7 Å². The van der Waals surface area contributed by atoms with Gasteiger partial charge in [-0.15, -0.1) is 0 Å². The Balaban J connectivity index is 1.71. The molecule has 2 aromatic rings. The quantitative estimate of drug-likeness (QED) is 0.641. The van der Waals surface area contributed by atoms with Crippen molar-refractivity contribution in [1.29, 1.82) is 0 Å². The average Bonchev–Trinajstić information content (AvgIpc) is 3.64. The highest BCUT2D eigenvalue weighted by molar-refractivity contribution is 7.89. The van der Waals surface area contributed by atoms with Crippen LogP contribution in [0.1, 0.15) is 37.8 Å². The first-order valence-electron chi connectivity index (χ1n) is 12.0. The van der Waals surface area contributed by atoms with E-state index in [-0.39, 0.29) is 23.5 Å². The van der Waals surface area contributed by atoms with Gasteiger partial charge >= 0.3 is 0 Å². The third-order valence-corrected chi connectivity index (χ3v) is 8.57. The summed E-state index contributed by atoms with van der Waals surface area (Å²) in [5.74, 6) is 7.28. The summed E-state index contributed by atoms with van der Waals surface area (Å²) in [5, 5.41) is 9.79. The van der Waals surface area contributed by atoms with Crippen molar-refractivity contribution in [3.8, 4) is 17.6 Å². The van der Waals surface area contributed by atoms with E-state index in [2.05, 4.69) is 23.8 Å². The highest BCUT2D eigenvalue weighted by Gasteiger charge is 2.38. The number of likely N-dealkylation sites (N-methyl/N-ethyl adjacent to an activating group) is 1. The molecule has 0 saturated heterocycles. The molecule has 4 rings (SSSR count). The van der Waals surface area contributed by atoms with Crippen LogP contribution in [0.3, 0.4) is 0 Å². The van der Waals surface area contributed by atoms with Crippen LogP contribution < -0.4 is 4.74 Å². The molecule has 0 amide bonds. The molecule has 7 heteroatoms. The van der Waals surface area contributed by atoms with Crippen LogP contribution in [0, 0.1) is 23.7 Å². The number of nitrogens with zero attached hydrogens (tertiary/aromatic N) is 2. The van der Waals surface area contributed by atoms with E-state index >= 15 is 0 Å². The number of rotatable bonds is 6. The summed E-state index contributed by atoms with van der Waals surface area (Å²) >= 11 is 0. The molecule has 1 aliphatic heterocycles. The zero-order valence-corrected chi connectivity index (χ0v) is 21.0. The molecule has 6 nitrogen and oxygen atoms in total. The number of aliphatic hydroxyl groups is 1. The second-order valence-electron chi connectivity index (χ2n) is 9.68. The smallest absolute Gasteiger partial charge is 0.247 e. The normalized spacial score (nSPS) is 23.1. The van der Waals surface area contributed by atoms with Gasteiger partial charge in [-0.3, -0.25) is 0 Å². The maximum absolute atomic E-state index is 13.6. The second-order valence-corrected chi connectivity index (χ2v) is 11.5. The summed E-state index contributed by atoms with van der Waals surface area (Å²) in [7, 11) is -1.75. The topological polar surface area (TPSA) is 70.1 Å². The first-order chi connectivity index (χ1) is 16.3. The Bertz CT molecular complexity index is 1150. The minimum absolute atomic E-state index is 0.0577. The zero-order chi connectivity index (χ0) is 24.3. The summed E-state index contributed by atoms with van der Waals surface area (Å²) in [5.41, 5.74) is 1.58. The molecule has 1 fully saturated rings. The lowest BCUT2D eigenvalue weighted by Crippen LogP contribution is -2.49. The molecule has 182 valence electrons. The Morgan fingerprint density at radius 2 is 1.82 bits per heavy atom. The van der Waals surface area contributed by atoms with Gasteiger partial charge in [0.15, 0.2) is 0 Å². The van der Waals surface area contributed by atoms with Gasteiger partial charge in [-0.25, -0.2) is 8.42 Å². The lowest BCUT2D eigenvalue weighted by atomic mass is 10.0. The summed E-state index contributed by atoms with van der Waals surface area (Å²) < 4.78 is 35.0. The molecule has 0 aromatic heterocycles. The Labute approximate surface area is 203 Å². The van der Waals surface area contributed by atoms with E-state index in [9.17, 15) is 13.5 Å². The van der Waals surface area contributed by atoms with E-state index in [4.69, 9.17) is 4.74 Å². The third kappa shape index (κ3) is 5.81. The van der Waals surface area contributed by atoms with Gasteiger partial charge in [0.2, 0.25) is 10.0 Å². The second kappa shape index (κ2) is 10.5. The fraction of sp³-hybridized carbons (Fsp3) is 0.481. The monoisotopic (exact) mass is 482 g/mol. The van der Waals surface area contributed by atoms with Crippen molar-refractivity contribution < 1.29 is 18.3 Å². The molecule has 1 aliphatic carbocycles. The van der Waals surface area contributed by atoms with Gasteiger partial charge in [0.05, 0.1) is 6.61 Å². The predicted octanol–water partition coefficient (Wildman–Crippen LogP) is 3.20. The highest BCUT2D eigenvalue weighted by atomic mass is 32.2. The van der Waals surface area contributed by atoms with Crippen molar-refractivity contribution in [3.63, 3.8) is 0 Å². The van der Waals surface area contributed by atoms with Crippen LogP contribution in [0.25, 0.3) is 0 Å². The van der Waals surface area contributed by atoms with Crippen LogP contribution in [-0.4, -0.2) is 68.2 Å². The molecule has 0 unspecified atom stereocenters. The van der Waals surface area contributed by atoms with Gasteiger partial charge in [0.1, 0.15) is 16.7 Å². The lowest BCUT2D eigenvalue weighted by molar-refractivity contribution is 0.0740. The molecule has 2 aromatic carbocycles. The number of benzene rings is 2. The summed E-state index contributed by atoms with van der Waals surface area (Å²) in [4.78, 5) is 2.41. The maximum atomic E-state index is 13.6. The SMILES string of the molecule is C[C@@H]1CN([C@@H](C)CO)S(=O)(=O)c2ccc(C#Cc3ccccc3)cc2O[C@@H]1CN(C)CC1CC1. The first kappa shape index (κ1) is 24.7. The van der Waals surface area contributed by atoms with Crippen LogP contribution >= 0.6 is 0 Å². The van der Waals surface area contributed by atoms with Gasteiger partial charge in [0.25, 0.3) is 0 Å². The summed E-state index contributed by atoms with van der Waals surface area (Å²) in [6.45, 7) is 5.54. The molecule has 0 spiro atoms. The Morgan fingerprint density at radius 1 is 1.12 bits per heavy atom. The number of aliphatic hydroxyl groups excluding tert-OH is 1. The molecule has 1 saturated carbocycles. The van der Waals surface area contributed by atoms with Gasteiger partial charge in [-0.05, 0) is 63.1 Å². The highest BCUT2D eigenvalue weighted by Crippen LogP contribution is 2.35. The van der Waals surface area contributed by atoms with Gasteiger partial charge in [-0.2, -0.15) is 4.31 Å². The van der Waals surface area contributed by atoms with Crippen LogP contribution in [0.5, 0.6) is 5.75 Å². The van der Waals surface area contributed by atoms with Crippen molar-refractivity contribution in [2.45, 2.75) is 43.7 Å². The minimum atomic E-state index is -3.85. The van der Waals surface area contributed by atoms with E-state index in [0.29, 0.717) is 24.4 Å². The van der Waals surface area contributed by atoms with Crippen molar-refractivity contribution >= 4 is 10.0 Å². The Morgan fingerprint density at radius 3 is 2.50 bits per heavy atom. The zero-order valence-electron chi connectivity index (χ0n) is 20.1. The maximum Gasteiger partial charge on any atom is 0.247 e. The number of ether oxygens (including phenoxy) is 1. The van der Waals surface area contributed by atoms with Crippen molar-refractivity contribution in [2.75, 3.05) is 33.3 Å². The van der Waals surface area contributed by atoms with Gasteiger partial charge in [0, 0.05) is 42.7 Å². The number of sulfonamides is 1. The largest absolute Gasteiger partial charge is 0.487 e. The summed E-state index contributed by atoms with van der Waals surface area (Å²) in [6, 6.07) is 14.2. The predicted molar refractivity (Wildman–Crippen MR) is 133 cm³/mol. The van der Waals surface area contributed by atoms with E-state index in [0.717, 1.165) is 18.0 Å². The van der Waals surface area contributed by atoms with Crippen LogP contribution in [0.4, 0.5) is 0 Å². The van der Waals surface area contributed by atoms with Gasteiger partial charge < -0.3 is 14.7 Å². The van der Waals surface area contributed by atoms with E-state index in [1.807, 2.05) is 37.3 Å². The van der Waals surface area contributed by atoms with Crippen molar-refractivity contribution in [1.82, 2.24) is 9.21 Å². The van der Waals surface area contributed by atoms with Gasteiger partial charge in [-0.1, -0.05) is 37.0 Å². The minimum Gasteiger partial charge on any atom is -0.487 e. The van der Waals surface area contributed by atoms with Crippen LogP contribution in [0.2, 0.25) is 0 Å². The van der Waals surface area contributed by atoms with E-state index in [1.165, 1.54) is 17.1 Å². The van der Waals surface area contributed by atoms with Crippen molar-refractivity contribution in [2.24, 2.45) is 11.8 Å². The first-order valence-corrected chi connectivity index (χ1v) is 13.4. The average molecular weight is 483 g/mol. The standard InChI is InChI=1S/C27H34N2O4S/c1-20-16-29(21(2)19-30)34(31,32)27-14-13-23(10-9-22-7-5-4-6-8-22)15-25(27)33-26(20)18-28(3)17-24-11-12-24/h4-8,13-15,20-21,24,26,30H,11-12,16-19H2,1-3H3/t20-,21+,26-/m1/s1. The summed E-state index contributed by atoms with van der Waals surface area (Å²) in [6.07, 6.45) is 2.36. The third-order valence-electron chi connectivity index (χ3n) is 6.55. The molecule has 2 aliphatic rings. The number of hydrogen-bond donors (Lipinski definition) is 1. The molecule has 34 heavy (non-hydrogen) atoms. The molecular formula is C27H34N2O4S. The molecule has 0 radical (unpaired) electrons. The van der Waals surface area contributed by atoms with Crippen LogP contribution in [0.15, 0.2) is 53.4 Å². The molecular weight excluding hydrogens is 448 g/mol.